The van der Waals surface area contributed by atoms with Crippen LogP contribution in [0.4, 0.5) is 0 Å². The minimum atomic E-state index is 0.362. The lowest BCUT2D eigenvalue weighted by Gasteiger charge is -2.33. The van der Waals surface area contributed by atoms with E-state index in [0.29, 0.717) is 5.54 Å². The fraction of sp³-hybridized carbons (Fsp3) is 1.00. The highest BCUT2D eigenvalue weighted by Gasteiger charge is 2.42. The van der Waals surface area contributed by atoms with Crippen LogP contribution in [0.15, 0.2) is 0 Å². The quantitative estimate of drug-likeness (QED) is 0.717. The van der Waals surface area contributed by atoms with Gasteiger partial charge in [0, 0.05) is 25.2 Å². The van der Waals surface area contributed by atoms with Gasteiger partial charge < -0.3 is 10.1 Å². The predicted octanol–water partition coefficient (Wildman–Crippen LogP) is 1.88. The van der Waals surface area contributed by atoms with E-state index in [4.69, 9.17) is 4.74 Å². The zero-order chi connectivity index (χ0) is 12.1. The lowest BCUT2D eigenvalue weighted by Crippen LogP contribution is -2.51. The van der Waals surface area contributed by atoms with E-state index < -0.39 is 0 Å². The molecule has 0 aromatic carbocycles. The molecule has 0 radical (unpaired) electrons. The van der Waals surface area contributed by atoms with Gasteiger partial charge in [-0.2, -0.15) is 0 Å². The molecule has 1 unspecified atom stereocenters. The molecule has 0 aromatic heterocycles. The molecule has 100 valence electrons. The minimum absolute atomic E-state index is 0.362. The van der Waals surface area contributed by atoms with Crippen LogP contribution in [-0.2, 0) is 4.74 Å². The number of nitrogens with zero attached hydrogens (tertiary/aromatic N) is 1. The molecule has 0 aromatic rings. The van der Waals surface area contributed by atoms with Crippen LogP contribution in [0.3, 0.4) is 0 Å². The molecule has 1 heterocycles. The Hall–Kier alpha value is -0.120. The highest BCUT2D eigenvalue weighted by Crippen LogP contribution is 2.40. The summed E-state index contributed by atoms with van der Waals surface area (Å²) in [4.78, 5) is 2.59. The molecule has 3 heteroatoms. The molecule has 2 rings (SSSR count). The van der Waals surface area contributed by atoms with Gasteiger partial charge in [-0.3, -0.25) is 4.90 Å². The second kappa shape index (κ2) is 6.17. The van der Waals surface area contributed by atoms with Gasteiger partial charge in [0.1, 0.15) is 0 Å². The molecule has 0 bridgehead atoms. The van der Waals surface area contributed by atoms with Crippen molar-refractivity contribution in [3.8, 4) is 0 Å². The molecule has 1 saturated heterocycles. The van der Waals surface area contributed by atoms with Crippen molar-refractivity contribution in [2.24, 2.45) is 5.92 Å². The lowest BCUT2D eigenvalue weighted by molar-refractivity contribution is 0.0952. The van der Waals surface area contributed by atoms with Crippen molar-refractivity contribution in [2.45, 2.75) is 45.1 Å². The SMILES string of the molecule is CCCOCCN1CCCNC(C)(C2CC2)C1. The molecular weight excluding hydrogens is 212 g/mol. The molecule has 2 fully saturated rings. The van der Waals surface area contributed by atoms with Crippen molar-refractivity contribution in [3.05, 3.63) is 0 Å². The molecule has 1 saturated carbocycles. The largest absolute Gasteiger partial charge is 0.380 e. The first kappa shape index (κ1) is 13.3. The van der Waals surface area contributed by atoms with Crippen LogP contribution < -0.4 is 5.32 Å². The average Bonchev–Trinajstić information content (AvgIpc) is 3.12. The average molecular weight is 240 g/mol. The molecule has 3 nitrogen and oxygen atoms in total. The third kappa shape index (κ3) is 3.94. The maximum Gasteiger partial charge on any atom is 0.0593 e. The fourth-order valence-corrected chi connectivity index (χ4v) is 2.90. The summed E-state index contributed by atoms with van der Waals surface area (Å²) in [6.07, 6.45) is 5.24. The second-order valence-electron chi connectivity index (χ2n) is 5.86. The van der Waals surface area contributed by atoms with Crippen molar-refractivity contribution in [3.63, 3.8) is 0 Å². The van der Waals surface area contributed by atoms with Crippen molar-refractivity contribution in [2.75, 3.05) is 39.4 Å². The van der Waals surface area contributed by atoms with Gasteiger partial charge in [-0.1, -0.05) is 6.92 Å². The third-order valence-corrected chi connectivity index (χ3v) is 4.11. The van der Waals surface area contributed by atoms with Gasteiger partial charge in [-0.25, -0.2) is 0 Å². The highest BCUT2D eigenvalue weighted by molar-refractivity contribution is 5.00. The summed E-state index contributed by atoms with van der Waals surface area (Å²) in [6.45, 7) is 11.1. The first-order valence-electron chi connectivity index (χ1n) is 7.30. The summed E-state index contributed by atoms with van der Waals surface area (Å²) in [7, 11) is 0. The third-order valence-electron chi connectivity index (χ3n) is 4.11. The van der Waals surface area contributed by atoms with Gasteiger partial charge in [0.05, 0.1) is 6.61 Å². The molecule has 1 atom stereocenters. The maximum absolute atomic E-state index is 5.61. The number of rotatable bonds is 6. The Bertz CT molecular complexity index is 230. The first-order chi connectivity index (χ1) is 8.24. The van der Waals surface area contributed by atoms with E-state index in [2.05, 4.69) is 24.1 Å². The summed E-state index contributed by atoms with van der Waals surface area (Å²) in [5.41, 5.74) is 0.362. The molecule has 1 aliphatic carbocycles. The summed E-state index contributed by atoms with van der Waals surface area (Å²) in [5, 5.41) is 3.77. The van der Waals surface area contributed by atoms with E-state index >= 15 is 0 Å². The van der Waals surface area contributed by atoms with Gasteiger partial charge in [0.2, 0.25) is 0 Å². The normalized spacial score (nSPS) is 31.4. The summed E-state index contributed by atoms with van der Waals surface area (Å²) in [6, 6.07) is 0. The van der Waals surface area contributed by atoms with Gasteiger partial charge >= 0.3 is 0 Å². The van der Waals surface area contributed by atoms with Crippen molar-refractivity contribution in [1.29, 1.82) is 0 Å². The Kier molecular flexibility index (Phi) is 4.83. The maximum atomic E-state index is 5.61. The molecule has 17 heavy (non-hydrogen) atoms. The molecule has 1 N–H and O–H groups in total. The van der Waals surface area contributed by atoms with E-state index in [9.17, 15) is 0 Å². The summed E-state index contributed by atoms with van der Waals surface area (Å²) >= 11 is 0. The smallest absolute Gasteiger partial charge is 0.0593 e. The first-order valence-corrected chi connectivity index (χ1v) is 7.30. The Labute approximate surface area is 106 Å². The Morgan fingerprint density at radius 1 is 1.35 bits per heavy atom. The van der Waals surface area contributed by atoms with Crippen LogP contribution in [0.25, 0.3) is 0 Å². The van der Waals surface area contributed by atoms with Gasteiger partial charge in [0.15, 0.2) is 0 Å². The number of nitrogens with one attached hydrogen (secondary N) is 1. The van der Waals surface area contributed by atoms with Crippen LogP contribution in [-0.4, -0.2) is 49.8 Å². The molecule has 2 aliphatic rings. The van der Waals surface area contributed by atoms with E-state index in [0.717, 1.165) is 32.1 Å². The predicted molar refractivity (Wildman–Crippen MR) is 71.3 cm³/mol. The summed E-state index contributed by atoms with van der Waals surface area (Å²) in [5.74, 6) is 0.916. The monoisotopic (exact) mass is 240 g/mol. The molecule has 0 spiro atoms. The van der Waals surface area contributed by atoms with Gasteiger partial charge in [0.25, 0.3) is 0 Å². The standard InChI is InChI=1S/C14H28N2O/c1-3-10-17-11-9-16-8-4-7-15-14(2,12-16)13-5-6-13/h13,15H,3-12H2,1-2H3. The topological polar surface area (TPSA) is 24.5 Å². The molecule has 0 amide bonds. The van der Waals surface area contributed by atoms with Crippen LogP contribution in [0.1, 0.15) is 39.5 Å². The zero-order valence-electron chi connectivity index (χ0n) is 11.5. The lowest BCUT2D eigenvalue weighted by atomic mass is 9.95. The van der Waals surface area contributed by atoms with Gasteiger partial charge in [-0.05, 0) is 51.6 Å². The second-order valence-corrected chi connectivity index (χ2v) is 5.86. The van der Waals surface area contributed by atoms with Gasteiger partial charge in [-0.15, -0.1) is 0 Å². The fourth-order valence-electron chi connectivity index (χ4n) is 2.90. The Morgan fingerprint density at radius 2 is 2.18 bits per heavy atom. The highest BCUT2D eigenvalue weighted by atomic mass is 16.5. The Morgan fingerprint density at radius 3 is 2.88 bits per heavy atom. The minimum Gasteiger partial charge on any atom is -0.380 e. The zero-order valence-corrected chi connectivity index (χ0v) is 11.5. The summed E-state index contributed by atoms with van der Waals surface area (Å²) < 4.78 is 5.61. The van der Waals surface area contributed by atoms with Crippen LogP contribution in [0.2, 0.25) is 0 Å². The number of hydrogen-bond acceptors (Lipinski definition) is 3. The molecule has 1 aliphatic heterocycles. The number of ether oxygens (including phenoxy) is 1. The van der Waals surface area contributed by atoms with E-state index in [1.54, 1.807) is 0 Å². The van der Waals surface area contributed by atoms with Crippen LogP contribution in [0.5, 0.6) is 0 Å². The van der Waals surface area contributed by atoms with Crippen molar-refractivity contribution < 1.29 is 4.74 Å². The Balaban J connectivity index is 1.76. The van der Waals surface area contributed by atoms with Crippen molar-refractivity contribution in [1.82, 2.24) is 10.2 Å². The van der Waals surface area contributed by atoms with E-state index in [1.807, 2.05) is 0 Å². The number of hydrogen-bond donors (Lipinski definition) is 1. The van der Waals surface area contributed by atoms with Crippen molar-refractivity contribution >= 4 is 0 Å². The van der Waals surface area contributed by atoms with E-state index in [1.165, 1.54) is 38.9 Å². The van der Waals surface area contributed by atoms with Crippen LogP contribution >= 0.6 is 0 Å². The van der Waals surface area contributed by atoms with Crippen LogP contribution in [0, 0.1) is 5.92 Å². The molecular formula is C14H28N2O. The van der Waals surface area contributed by atoms with E-state index in [-0.39, 0.29) is 0 Å².